The number of pyridine rings is 2. The molecule has 3 aromatic heterocycles. The van der Waals surface area contributed by atoms with Crippen LogP contribution in [0.5, 0.6) is 0 Å². The van der Waals surface area contributed by atoms with Crippen LogP contribution in [0.15, 0.2) is 43.0 Å². The van der Waals surface area contributed by atoms with E-state index in [9.17, 15) is 10.1 Å². The van der Waals surface area contributed by atoms with Crippen LogP contribution < -0.4 is 10.6 Å². The Kier molecular flexibility index (Phi) is 4.46. The van der Waals surface area contributed by atoms with Crippen molar-refractivity contribution in [3.8, 4) is 0 Å². The van der Waals surface area contributed by atoms with Gasteiger partial charge in [-0.2, -0.15) is 0 Å². The van der Waals surface area contributed by atoms with Crippen LogP contribution in [0.3, 0.4) is 0 Å². The van der Waals surface area contributed by atoms with E-state index in [0.717, 1.165) is 11.1 Å². The number of anilines is 4. The van der Waals surface area contributed by atoms with E-state index in [4.69, 9.17) is 0 Å². The first kappa shape index (κ1) is 16.2. The molecule has 25 heavy (non-hydrogen) atoms. The van der Waals surface area contributed by atoms with Gasteiger partial charge in [-0.25, -0.2) is 19.9 Å². The highest BCUT2D eigenvalue weighted by atomic mass is 16.6. The standard InChI is InChI=1S/C16H15N7O2/c1-10-5-6-12(18-8-10)21-15-13(23(24)25)16(20-9-19-15)22-14-11(2)4-3-7-17-14/h3-9H,1-2H3,(H2,17,18,19,20,21,22). The minimum absolute atomic E-state index is 0.0486. The minimum Gasteiger partial charge on any atom is -0.319 e. The summed E-state index contributed by atoms with van der Waals surface area (Å²) in [6.07, 6.45) is 4.49. The molecule has 0 unspecified atom stereocenters. The number of aryl methyl sites for hydroxylation is 2. The molecule has 0 aromatic carbocycles. The third-order valence-corrected chi connectivity index (χ3v) is 3.41. The summed E-state index contributed by atoms with van der Waals surface area (Å²) < 4.78 is 0. The number of rotatable bonds is 5. The van der Waals surface area contributed by atoms with Gasteiger partial charge in [0.1, 0.15) is 18.0 Å². The van der Waals surface area contributed by atoms with Gasteiger partial charge < -0.3 is 10.6 Å². The fourth-order valence-electron chi connectivity index (χ4n) is 2.13. The molecule has 0 aliphatic carbocycles. The summed E-state index contributed by atoms with van der Waals surface area (Å²) in [5, 5.41) is 17.3. The van der Waals surface area contributed by atoms with E-state index in [1.165, 1.54) is 6.33 Å². The van der Waals surface area contributed by atoms with Gasteiger partial charge in [0, 0.05) is 12.4 Å². The second-order valence-electron chi connectivity index (χ2n) is 5.32. The second-order valence-corrected chi connectivity index (χ2v) is 5.32. The third-order valence-electron chi connectivity index (χ3n) is 3.41. The summed E-state index contributed by atoms with van der Waals surface area (Å²) in [6, 6.07) is 7.19. The smallest absolute Gasteiger partial charge is 0.319 e. The molecule has 0 fully saturated rings. The molecule has 0 spiro atoms. The highest BCUT2D eigenvalue weighted by Gasteiger charge is 2.24. The van der Waals surface area contributed by atoms with E-state index in [-0.39, 0.29) is 17.3 Å². The highest BCUT2D eigenvalue weighted by molar-refractivity contribution is 5.75. The first-order chi connectivity index (χ1) is 12.0. The predicted octanol–water partition coefficient (Wildman–Crippen LogP) is 3.28. The Morgan fingerprint density at radius 1 is 0.960 bits per heavy atom. The van der Waals surface area contributed by atoms with Crippen LogP contribution >= 0.6 is 0 Å². The minimum atomic E-state index is -0.545. The number of hydrogen-bond acceptors (Lipinski definition) is 8. The van der Waals surface area contributed by atoms with Gasteiger partial charge in [-0.05, 0) is 37.1 Å². The lowest BCUT2D eigenvalue weighted by Gasteiger charge is -2.10. The molecule has 3 rings (SSSR count). The lowest BCUT2D eigenvalue weighted by Crippen LogP contribution is -2.07. The summed E-state index contributed by atoms with van der Waals surface area (Å²) in [5.74, 6) is 1.04. The molecule has 0 bridgehead atoms. The lowest BCUT2D eigenvalue weighted by atomic mass is 10.3. The monoisotopic (exact) mass is 337 g/mol. The number of nitrogens with zero attached hydrogens (tertiary/aromatic N) is 5. The number of nitro groups is 1. The average molecular weight is 337 g/mol. The molecule has 0 atom stereocenters. The summed E-state index contributed by atoms with van der Waals surface area (Å²) >= 11 is 0. The van der Waals surface area contributed by atoms with Crippen molar-refractivity contribution in [2.75, 3.05) is 10.6 Å². The zero-order valence-electron chi connectivity index (χ0n) is 13.6. The quantitative estimate of drug-likeness (QED) is 0.538. The zero-order valence-corrected chi connectivity index (χ0v) is 13.6. The fourth-order valence-corrected chi connectivity index (χ4v) is 2.13. The van der Waals surface area contributed by atoms with Gasteiger partial charge >= 0.3 is 5.69 Å². The Morgan fingerprint density at radius 2 is 1.72 bits per heavy atom. The average Bonchev–Trinajstić information content (AvgIpc) is 2.59. The first-order valence-corrected chi connectivity index (χ1v) is 7.42. The van der Waals surface area contributed by atoms with Gasteiger partial charge in [-0.1, -0.05) is 12.1 Å². The maximum atomic E-state index is 11.6. The maximum Gasteiger partial charge on any atom is 0.354 e. The van der Waals surface area contributed by atoms with Gasteiger partial charge in [-0.3, -0.25) is 10.1 Å². The molecule has 3 heterocycles. The van der Waals surface area contributed by atoms with Crippen LogP contribution in [0.2, 0.25) is 0 Å². The summed E-state index contributed by atoms with van der Waals surface area (Å²) in [5.41, 5.74) is 1.54. The van der Waals surface area contributed by atoms with Crippen LogP contribution in [-0.4, -0.2) is 24.9 Å². The van der Waals surface area contributed by atoms with E-state index >= 15 is 0 Å². The van der Waals surface area contributed by atoms with Crippen molar-refractivity contribution in [2.45, 2.75) is 13.8 Å². The second kappa shape index (κ2) is 6.87. The van der Waals surface area contributed by atoms with E-state index in [0.29, 0.717) is 11.6 Å². The van der Waals surface area contributed by atoms with Crippen molar-refractivity contribution < 1.29 is 4.92 Å². The summed E-state index contributed by atoms with van der Waals surface area (Å²) in [7, 11) is 0. The molecular weight excluding hydrogens is 322 g/mol. The van der Waals surface area contributed by atoms with Gasteiger partial charge in [-0.15, -0.1) is 0 Å². The normalized spacial score (nSPS) is 10.3. The van der Waals surface area contributed by atoms with Gasteiger partial charge in [0.25, 0.3) is 0 Å². The Hall–Kier alpha value is -3.62. The molecular formula is C16H15N7O2. The van der Waals surface area contributed by atoms with E-state index < -0.39 is 4.92 Å². The van der Waals surface area contributed by atoms with E-state index in [2.05, 4.69) is 30.6 Å². The molecule has 0 saturated heterocycles. The van der Waals surface area contributed by atoms with Crippen molar-refractivity contribution in [1.82, 2.24) is 19.9 Å². The Labute approximate surface area is 143 Å². The molecule has 9 heteroatoms. The topological polar surface area (TPSA) is 119 Å². The number of nitrogens with one attached hydrogen (secondary N) is 2. The molecule has 0 aliphatic rings. The highest BCUT2D eigenvalue weighted by Crippen LogP contribution is 2.32. The Morgan fingerprint density at radius 3 is 2.36 bits per heavy atom. The zero-order chi connectivity index (χ0) is 17.8. The Balaban J connectivity index is 1.98. The van der Waals surface area contributed by atoms with Crippen LogP contribution in [-0.2, 0) is 0 Å². The third kappa shape index (κ3) is 3.66. The van der Waals surface area contributed by atoms with Crippen LogP contribution in [0.1, 0.15) is 11.1 Å². The molecule has 0 saturated carbocycles. The van der Waals surface area contributed by atoms with Crippen molar-refractivity contribution in [3.63, 3.8) is 0 Å². The van der Waals surface area contributed by atoms with Crippen LogP contribution in [0.25, 0.3) is 0 Å². The molecule has 0 amide bonds. The predicted molar refractivity (Wildman–Crippen MR) is 93.2 cm³/mol. The molecule has 2 N–H and O–H groups in total. The van der Waals surface area contributed by atoms with Gasteiger partial charge in [0.15, 0.2) is 0 Å². The van der Waals surface area contributed by atoms with Crippen molar-refractivity contribution >= 4 is 29.0 Å². The van der Waals surface area contributed by atoms with Gasteiger partial charge in [0.05, 0.1) is 4.92 Å². The Bertz CT molecular complexity index is 913. The maximum absolute atomic E-state index is 11.6. The van der Waals surface area contributed by atoms with Crippen molar-refractivity contribution in [3.05, 3.63) is 64.2 Å². The SMILES string of the molecule is Cc1ccc(Nc2ncnc(Nc3ncccc3C)c2[N+](=O)[O-])nc1. The molecule has 126 valence electrons. The summed E-state index contributed by atoms with van der Waals surface area (Å²) in [4.78, 5) is 27.3. The largest absolute Gasteiger partial charge is 0.354 e. The van der Waals surface area contributed by atoms with Gasteiger partial charge in [0.2, 0.25) is 11.6 Å². The summed E-state index contributed by atoms with van der Waals surface area (Å²) in [6.45, 7) is 3.75. The fraction of sp³-hybridized carbons (Fsp3) is 0.125. The van der Waals surface area contributed by atoms with Crippen LogP contribution in [0, 0.1) is 24.0 Å². The molecule has 9 nitrogen and oxygen atoms in total. The van der Waals surface area contributed by atoms with Crippen LogP contribution in [0.4, 0.5) is 29.0 Å². The number of aromatic nitrogens is 4. The molecule has 3 aromatic rings. The first-order valence-electron chi connectivity index (χ1n) is 7.42. The molecule has 0 aliphatic heterocycles. The van der Waals surface area contributed by atoms with Crippen molar-refractivity contribution in [2.24, 2.45) is 0 Å². The van der Waals surface area contributed by atoms with E-state index in [1.807, 2.05) is 26.0 Å². The molecule has 0 radical (unpaired) electrons. The van der Waals surface area contributed by atoms with Crippen molar-refractivity contribution in [1.29, 1.82) is 0 Å². The van der Waals surface area contributed by atoms with E-state index in [1.54, 1.807) is 24.5 Å². The number of hydrogen-bond donors (Lipinski definition) is 2. The lowest BCUT2D eigenvalue weighted by molar-refractivity contribution is -0.383.